The molecule has 0 radical (unpaired) electrons. The average Bonchev–Trinajstić information content (AvgIpc) is 2.85. The number of H-pyrrole nitrogens is 1. The second kappa shape index (κ2) is 4.96. The summed E-state index contributed by atoms with van der Waals surface area (Å²) < 4.78 is 0. The van der Waals surface area contributed by atoms with Crippen LogP contribution in [-0.4, -0.2) is 29.3 Å². The highest BCUT2D eigenvalue weighted by Crippen LogP contribution is 2.31. The van der Waals surface area contributed by atoms with Crippen LogP contribution in [-0.2, 0) is 0 Å². The van der Waals surface area contributed by atoms with E-state index in [2.05, 4.69) is 9.88 Å². The van der Waals surface area contributed by atoms with E-state index in [0.717, 1.165) is 43.4 Å². The molecule has 6 heteroatoms. The first-order valence-corrected chi connectivity index (χ1v) is 6.71. The molecule has 1 saturated heterocycles. The molecule has 1 aromatic carbocycles. The third-order valence-electron chi connectivity index (χ3n) is 3.80. The third kappa shape index (κ3) is 2.03. The molecule has 2 heterocycles. The van der Waals surface area contributed by atoms with Gasteiger partial charge in [0, 0.05) is 30.6 Å². The van der Waals surface area contributed by atoms with E-state index in [9.17, 15) is 14.9 Å². The van der Waals surface area contributed by atoms with Crippen LogP contribution in [0.1, 0.15) is 29.6 Å². The Kier molecular flexibility index (Phi) is 3.14. The molecule has 0 amide bonds. The number of hydrogen-bond acceptors (Lipinski definition) is 4. The molecular weight excluding hydrogens is 258 g/mol. The second-order valence-corrected chi connectivity index (χ2v) is 5.04. The van der Waals surface area contributed by atoms with Crippen LogP contribution in [0.4, 0.5) is 11.5 Å². The largest absolute Gasteiger partial charge is 0.358 e. The highest BCUT2D eigenvalue weighted by Gasteiger charge is 2.20. The SMILES string of the molecule is O=Cc1c(N2CCCCC2)[nH]c2cc([N+](=O)[O-])ccc12. The summed E-state index contributed by atoms with van der Waals surface area (Å²) in [5, 5.41) is 11.6. The number of piperidine rings is 1. The highest BCUT2D eigenvalue weighted by atomic mass is 16.6. The first kappa shape index (κ1) is 12.7. The zero-order chi connectivity index (χ0) is 14.1. The molecule has 2 aromatic rings. The number of nitro benzene ring substituents is 1. The van der Waals surface area contributed by atoms with Gasteiger partial charge in [-0.25, -0.2) is 0 Å². The molecule has 1 aromatic heterocycles. The molecule has 0 spiro atoms. The molecular formula is C14H15N3O3. The van der Waals surface area contributed by atoms with Crippen LogP contribution < -0.4 is 4.90 Å². The van der Waals surface area contributed by atoms with Crippen molar-refractivity contribution >= 4 is 28.7 Å². The number of carbonyl (C=O) groups excluding carboxylic acids is 1. The van der Waals surface area contributed by atoms with Crippen LogP contribution in [0.3, 0.4) is 0 Å². The van der Waals surface area contributed by atoms with Gasteiger partial charge in [-0.1, -0.05) is 0 Å². The Morgan fingerprint density at radius 1 is 1.25 bits per heavy atom. The van der Waals surface area contributed by atoms with Crippen LogP contribution >= 0.6 is 0 Å². The Bertz CT molecular complexity index is 672. The Labute approximate surface area is 115 Å². The zero-order valence-electron chi connectivity index (χ0n) is 11.0. The number of benzene rings is 1. The lowest BCUT2D eigenvalue weighted by Crippen LogP contribution is -2.30. The predicted octanol–water partition coefficient (Wildman–Crippen LogP) is 2.88. The lowest BCUT2D eigenvalue weighted by molar-refractivity contribution is -0.384. The minimum Gasteiger partial charge on any atom is -0.358 e. The summed E-state index contributed by atoms with van der Waals surface area (Å²) in [6, 6.07) is 4.56. The Balaban J connectivity index is 2.11. The summed E-state index contributed by atoms with van der Waals surface area (Å²) in [6.45, 7) is 1.82. The molecule has 6 nitrogen and oxygen atoms in total. The quantitative estimate of drug-likeness (QED) is 0.529. The molecule has 1 fully saturated rings. The Morgan fingerprint density at radius 3 is 2.65 bits per heavy atom. The average molecular weight is 273 g/mol. The summed E-state index contributed by atoms with van der Waals surface area (Å²) in [5.41, 5.74) is 1.26. The molecule has 104 valence electrons. The molecule has 1 aliphatic rings. The second-order valence-electron chi connectivity index (χ2n) is 5.04. The lowest BCUT2D eigenvalue weighted by atomic mass is 10.1. The molecule has 3 rings (SSSR count). The number of carbonyl (C=O) groups is 1. The minimum atomic E-state index is -0.429. The molecule has 1 N–H and O–H groups in total. The van der Waals surface area contributed by atoms with Crippen molar-refractivity contribution in [2.24, 2.45) is 0 Å². The zero-order valence-corrected chi connectivity index (χ0v) is 11.0. The van der Waals surface area contributed by atoms with E-state index < -0.39 is 4.92 Å². The molecule has 20 heavy (non-hydrogen) atoms. The number of nitrogens with one attached hydrogen (secondary N) is 1. The summed E-state index contributed by atoms with van der Waals surface area (Å²) >= 11 is 0. The third-order valence-corrected chi connectivity index (χ3v) is 3.80. The number of nitro groups is 1. The van der Waals surface area contributed by atoms with Crippen molar-refractivity contribution in [2.45, 2.75) is 19.3 Å². The van der Waals surface area contributed by atoms with Crippen molar-refractivity contribution < 1.29 is 9.72 Å². The van der Waals surface area contributed by atoms with Gasteiger partial charge < -0.3 is 9.88 Å². The molecule has 0 aliphatic carbocycles. The van der Waals surface area contributed by atoms with E-state index in [4.69, 9.17) is 0 Å². The first-order chi connectivity index (χ1) is 9.70. The maximum absolute atomic E-state index is 11.4. The molecule has 0 atom stereocenters. The van der Waals surface area contributed by atoms with Crippen molar-refractivity contribution in [2.75, 3.05) is 18.0 Å². The fourth-order valence-electron chi connectivity index (χ4n) is 2.79. The van der Waals surface area contributed by atoms with Crippen molar-refractivity contribution in [1.82, 2.24) is 4.98 Å². The van der Waals surface area contributed by atoms with E-state index in [-0.39, 0.29) is 5.69 Å². The van der Waals surface area contributed by atoms with Crippen molar-refractivity contribution in [3.8, 4) is 0 Å². The van der Waals surface area contributed by atoms with Gasteiger partial charge in [0.25, 0.3) is 5.69 Å². The molecule has 0 saturated carbocycles. The van der Waals surface area contributed by atoms with Crippen LogP contribution in [0.25, 0.3) is 10.9 Å². The Morgan fingerprint density at radius 2 is 2.00 bits per heavy atom. The summed E-state index contributed by atoms with van der Waals surface area (Å²) in [5.74, 6) is 0.787. The van der Waals surface area contributed by atoms with Crippen molar-refractivity contribution in [3.05, 3.63) is 33.9 Å². The number of nitrogens with zero attached hydrogens (tertiary/aromatic N) is 2. The topological polar surface area (TPSA) is 79.2 Å². The van der Waals surface area contributed by atoms with Crippen molar-refractivity contribution in [1.29, 1.82) is 0 Å². The van der Waals surface area contributed by atoms with Gasteiger partial charge in [0.2, 0.25) is 0 Å². The number of aromatic nitrogens is 1. The van der Waals surface area contributed by atoms with Gasteiger partial charge in [0.1, 0.15) is 5.82 Å². The number of fused-ring (bicyclic) bond motifs is 1. The molecule has 0 unspecified atom stereocenters. The summed E-state index contributed by atoms with van der Waals surface area (Å²) in [7, 11) is 0. The fourth-order valence-corrected chi connectivity index (χ4v) is 2.79. The minimum absolute atomic E-state index is 0.0291. The van der Waals surface area contributed by atoms with Gasteiger partial charge >= 0.3 is 0 Å². The number of aldehydes is 1. The first-order valence-electron chi connectivity index (χ1n) is 6.71. The van der Waals surface area contributed by atoms with E-state index >= 15 is 0 Å². The van der Waals surface area contributed by atoms with Gasteiger partial charge in [-0.3, -0.25) is 14.9 Å². The maximum atomic E-state index is 11.4. The van der Waals surface area contributed by atoms with Crippen LogP contribution in [0.15, 0.2) is 18.2 Å². The maximum Gasteiger partial charge on any atom is 0.271 e. The van der Waals surface area contributed by atoms with E-state index in [1.165, 1.54) is 18.6 Å². The number of aromatic amines is 1. The van der Waals surface area contributed by atoms with Gasteiger partial charge in [0.15, 0.2) is 6.29 Å². The van der Waals surface area contributed by atoms with Gasteiger partial charge in [-0.2, -0.15) is 0 Å². The summed E-state index contributed by atoms with van der Waals surface area (Å²) in [4.78, 5) is 27.1. The smallest absolute Gasteiger partial charge is 0.271 e. The van der Waals surface area contributed by atoms with Crippen LogP contribution in [0.5, 0.6) is 0 Å². The normalized spacial score (nSPS) is 15.5. The van der Waals surface area contributed by atoms with E-state index in [1.807, 2.05) is 0 Å². The van der Waals surface area contributed by atoms with Crippen LogP contribution in [0, 0.1) is 10.1 Å². The standard InChI is InChI=1S/C14H15N3O3/c18-9-12-11-5-4-10(17(19)20)8-13(11)15-14(12)16-6-2-1-3-7-16/h4-5,8-9,15H,1-3,6-7H2. The van der Waals surface area contributed by atoms with Gasteiger partial charge in [-0.05, 0) is 25.3 Å². The molecule has 1 aliphatic heterocycles. The monoisotopic (exact) mass is 273 g/mol. The highest BCUT2D eigenvalue weighted by molar-refractivity contribution is 6.04. The number of hydrogen-bond donors (Lipinski definition) is 1. The van der Waals surface area contributed by atoms with E-state index in [0.29, 0.717) is 11.1 Å². The summed E-state index contributed by atoms with van der Waals surface area (Å²) in [6.07, 6.45) is 4.24. The fraction of sp³-hybridized carbons (Fsp3) is 0.357. The lowest BCUT2D eigenvalue weighted by Gasteiger charge is -2.27. The predicted molar refractivity (Wildman–Crippen MR) is 76.4 cm³/mol. The molecule has 0 bridgehead atoms. The van der Waals surface area contributed by atoms with Crippen LogP contribution in [0.2, 0.25) is 0 Å². The van der Waals surface area contributed by atoms with E-state index in [1.54, 1.807) is 6.07 Å². The number of rotatable bonds is 3. The van der Waals surface area contributed by atoms with Crippen molar-refractivity contribution in [3.63, 3.8) is 0 Å². The van der Waals surface area contributed by atoms with Gasteiger partial charge in [-0.15, -0.1) is 0 Å². The number of non-ortho nitro benzene ring substituents is 1. The van der Waals surface area contributed by atoms with Gasteiger partial charge in [0.05, 0.1) is 16.0 Å². The Hall–Kier alpha value is -2.37. The number of anilines is 1.